The highest BCUT2D eigenvalue weighted by Gasteiger charge is 2.32. The van der Waals surface area contributed by atoms with Crippen LogP contribution in [0.15, 0.2) is 158 Å². The maximum Gasteiger partial charge on any atom is 0.416 e. The molecule has 16 nitrogen and oxygen atoms in total. The Bertz CT molecular complexity index is 3970. The third kappa shape index (κ3) is 21.7. The number of carbonyl (C=O) groups excluding carboxylic acids is 3. The van der Waals surface area contributed by atoms with Crippen molar-refractivity contribution in [2.45, 2.75) is 115 Å². The monoisotopic (exact) mass is 1360 g/mol. The van der Waals surface area contributed by atoms with Crippen LogP contribution >= 0.6 is 23.5 Å². The van der Waals surface area contributed by atoms with Crippen LogP contribution in [0.4, 0.5) is 49.1 Å². The molecule has 24 heteroatoms. The molecule has 0 spiro atoms. The summed E-state index contributed by atoms with van der Waals surface area (Å²) < 4.78 is 96.1. The van der Waals surface area contributed by atoms with E-state index in [0.717, 1.165) is 98.6 Å². The van der Waals surface area contributed by atoms with Gasteiger partial charge in [-0.2, -0.15) is 49.9 Å². The SMILES string of the molecule is CC(C)(C)OC(=O)CCSCc1cccc(C(=O)Nc2ccc(N3CCCCC3)cc2-c2cc(OCc3cccc(C(F)(F)F)c3)ncn2)c1.O=C(O)CCSCc1cccc(C(=O)Nc2ccc(N3CCCCC3)cc2-c2cc(OCc3cccc(C(F)(F)F)c3)ncn2)c1. The van der Waals surface area contributed by atoms with Crippen molar-refractivity contribution in [1.82, 2.24) is 19.9 Å². The number of hydrogen-bond donors (Lipinski definition) is 3. The summed E-state index contributed by atoms with van der Waals surface area (Å²) in [5.74, 6) is 0.941. The van der Waals surface area contributed by atoms with Gasteiger partial charge in [0.1, 0.15) is 31.5 Å². The zero-order chi connectivity index (χ0) is 68.2. The Kier molecular flexibility index (Phi) is 24.8. The minimum absolute atomic E-state index is 0.0715. The first kappa shape index (κ1) is 71.1. The summed E-state index contributed by atoms with van der Waals surface area (Å²) in [5.41, 5.74) is 6.76. The topological polar surface area (TPSA) is 198 Å². The molecule has 6 aromatic carbocycles. The van der Waals surface area contributed by atoms with Gasteiger partial charge in [-0.05, 0) is 166 Å². The summed E-state index contributed by atoms with van der Waals surface area (Å²) >= 11 is 3.08. The summed E-state index contributed by atoms with van der Waals surface area (Å²) in [4.78, 5) is 71.7. The number of esters is 1. The van der Waals surface area contributed by atoms with Crippen LogP contribution in [-0.2, 0) is 51.4 Å². The molecule has 10 rings (SSSR count). The van der Waals surface area contributed by atoms with E-state index in [9.17, 15) is 45.5 Å². The van der Waals surface area contributed by atoms with Gasteiger partial charge in [-0.25, -0.2) is 19.9 Å². The summed E-state index contributed by atoms with van der Waals surface area (Å²) in [6.45, 7) is 8.95. The highest BCUT2D eigenvalue weighted by Crippen LogP contribution is 2.37. The average Bonchev–Trinajstić information content (AvgIpc) is 0.814. The number of carboxylic acids is 1. The quantitative estimate of drug-likeness (QED) is 0.0293. The lowest BCUT2D eigenvalue weighted by Crippen LogP contribution is -2.29. The second kappa shape index (κ2) is 33.5. The van der Waals surface area contributed by atoms with Gasteiger partial charge in [0.25, 0.3) is 11.8 Å². The van der Waals surface area contributed by atoms with Crippen LogP contribution in [0.3, 0.4) is 0 Å². The van der Waals surface area contributed by atoms with E-state index in [1.807, 2.05) is 81.4 Å². The summed E-state index contributed by atoms with van der Waals surface area (Å²) in [6.07, 6.45) is 0.810. The van der Waals surface area contributed by atoms with E-state index < -0.39 is 35.0 Å². The van der Waals surface area contributed by atoms with Crippen LogP contribution in [0.1, 0.15) is 126 Å². The third-order valence-corrected chi connectivity index (χ3v) is 17.4. The van der Waals surface area contributed by atoms with Crippen molar-refractivity contribution in [2.75, 3.05) is 58.1 Å². The number of rotatable bonds is 24. The fourth-order valence-corrected chi connectivity index (χ4v) is 12.4. The van der Waals surface area contributed by atoms with Crippen LogP contribution in [0.25, 0.3) is 22.5 Å². The van der Waals surface area contributed by atoms with Crippen molar-refractivity contribution in [3.05, 3.63) is 203 Å². The molecule has 96 heavy (non-hydrogen) atoms. The molecule has 2 saturated heterocycles. The molecule has 4 heterocycles. The first-order valence-corrected chi connectivity index (χ1v) is 33.7. The predicted octanol–water partition coefficient (Wildman–Crippen LogP) is 16.6. The van der Waals surface area contributed by atoms with E-state index in [1.165, 1.54) is 49.4 Å². The molecule has 2 amide bonds. The smallest absolute Gasteiger partial charge is 0.416 e. The molecule has 0 bridgehead atoms. The molecule has 0 radical (unpaired) electrons. The van der Waals surface area contributed by atoms with Crippen LogP contribution in [0.2, 0.25) is 0 Å². The number of nitrogens with one attached hydrogen (secondary N) is 2. The van der Waals surface area contributed by atoms with Crippen LogP contribution in [0.5, 0.6) is 11.8 Å². The number of amides is 2. The largest absolute Gasteiger partial charge is 0.481 e. The van der Waals surface area contributed by atoms with Crippen molar-refractivity contribution in [2.24, 2.45) is 0 Å². The maximum absolute atomic E-state index is 13.6. The van der Waals surface area contributed by atoms with Gasteiger partial charge in [-0.1, -0.05) is 48.5 Å². The number of aliphatic carboxylic acids is 1. The Labute approximate surface area is 562 Å². The fourth-order valence-electron chi connectivity index (χ4n) is 10.6. The number of carboxylic acid groups (broad SMARTS) is 1. The molecule has 0 saturated carbocycles. The highest BCUT2D eigenvalue weighted by molar-refractivity contribution is 7.98. The van der Waals surface area contributed by atoms with Gasteiger partial charge in [-0.15, -0.1) is 0 Å². The summed E-state index contributed by atoms with van der Waals surface area (Å²) in [6, 6.07) is 39.3. The molecule has 8 aromatic rings. The van der Waals surface area contributed by atoms with E-state index >= 15 is 0 Å². The minimum atomic E-state index is -4.46. The standard InChI is InChI=1S/C38H41F3N4O4S.C34H33F3N4O4S/c1-37(2,3)49-35(46)15-18-50-24-27-10-7-11-28(19-27)36(47)44-32-14-13-30(45-16-5-4-6-17-45)21-31(32)33-22-34(43-25-42-33)48-23-26-9-8-12-29(20-26)38(39,40)41;35-34(36,37)26-9-5-6-23(17-26)20-45-31-19-30(38-22-39-31)28-18-27(41-13-2-1-3-14-41)10-11-29(28)40-33(44)25-8-4-7-24(16-25)21-46-15-12-32(42)43/h7-14,19-22,25H,4-6,15-18,23-24H2,1-3H3,(H,44,47);4-11,16-19,22H,1-3,12-15,20-21H2,(H,40,44)(H,42,43). The lowest BCUT2D eigenvalue weighted by atomic mass is 10.0. The van der Waals surface area contributed by atoms with E-state index in [2.05, 4.69) is 40.4 Å². The Balaban J connectivity index is 0.000000226. The number of nitrogens with zero attached hydrogens (tertiary/aromatic N) is 6. The molecule has 504 valence electrons. The van der Waals surface area contributed by atoms with Crippen LogP contribution in [-0.4, -0.2) is 92.1 Å². The number of ether oxygens (including phenoxy) is 3. The molecule has 0 atom stereocenters. The number of carbonyl (C=O) groups is 4. The van der Waals surface area contributed by atoms with Crippen LogP contribution < -0.4 is 29.9 Å². The Hall–Kier alpha value is -9.16. The number of piperidine rings is 2. The lowest BCUT2D eigenvalue weighted by Gasteiger charge is -2.29. The minimum Gasteiger partial charge on any atom is -0.481 e. The van der Waals surface area contributed by atoms with Crippen molar-refractivity contribution >= 4 is 70.0 Å². The molecule has 0 unspecified atom stereocenters. The first-order valence-electron chi connectivity index (χ1n) is 31.4. The van der Waals surface area contributed by atoms with E-state index in [1.54, 1.807) is 60.3 Å². The van der Waals surface area contributed by atoms with E-state index in [-0.39, 0.29) is 49.2 Å². The summed E-state index contributed by atoms with van der Waals surface area (Å²) in [7, 11) is 0. The number of hydrogen-bond acceptors (Lipinski definition) is 15. The molecule has 0 aliphatic carbocycles. The predicted molar refractivity (Wildman–Crippen MR) is 362 cm³/mol. The van der Waals surface area contributed by atoms with Gasteiger partial charge >= 0.3 is 24.3 Å². The molecule has 3 N–H and O–H groups in total. The number of thioether (sulfide) groups is 2. The zero-order valence-corrected chi connectivity index (χ0v) is 54.9. The van der Waals surface area contributed by atoms with Gasteiger partial charge < -0.3 is 39.8 Å². The van der Waals surface area contributed by atoms with Gasteiger partial charge in [0.05, 0.1) is 46.7 Å². The molecule has 2 aliphatic rings. The highest BCUT2D eigenvalue weighted by atomic mass is 32.2. The van der Waals surface area contributed by atoms with E-state index in [4.69, 9.17) is 19.3 Å². The number of alkyl halides is 6. The fraction of sp³-hybridized carbons (Fsp3) is 0.333. The van der Waals surface area contributed by atoms with Crippen molar-refractivity contribution < 1.29 is 64.8 Å². The molecule has 2 fully saturated rings. The average molecular weight is 1360 g/mol. The van der Waals surface area contributed by atoms with E-state index in [0.29, 0.717) is 85.6 Å². The van der Waals surface area contributed by atoms with Crippen molar-refractivity contribution in [3.63, 3.8) is 0 Å². The molecular formula is C72H74F6N8O8S2. The van der Waals surface area contributed by atoms with Gasteiger partial charge in [0.15, 0.2) is 0 Å². The summed E-state index contributed by atoms with van der Waals surface area (Å²) in [5, 5.41) is 14.9. The Morgan fingerprint density at radius 2 is 0.917 bits per heavy atom. The van der Waals surface area contributed by atoms with Gasteiger partial charge in [0, 0.05) is 95.0 Å². The number of halogens is 6. The maximum atomic E-state index is 13.6. The lowest BCUT2D eigenvalue weighted by molar-refractivity contribution is -0.154. The third-order valence-electron chi connectivity index (χ3n) is 15.3. The zero-order valence-electron chi connectivity index (χ0n) is 53.3. The first-order chi connectivity index (χ1) is 46.0. The second-order valence-electron chi connectivity index (χ2n) is 23.9. The number of anilines is 4. The molecule has 2 aromatic heterocycles. The Morgan fingerprint density at radius 3 is 1.33 bits per heavy atom. The second-order valence-corrected chi connectivity index (χ2v) is 26.1. The van der Waals surface area contributed by atoms with Crippen molar-refractivity contribution in [1.29, 1.82) is 0 Å². The van der Waals surface area contributed by atoms with Crippen LogP contribution in [0, 0.1) is 0 Å². The normalized spacial score (nSPS) is 13.4. The molecule has 2 aliphatic heterocycles. The number of aromatic nitrogens is 4. The van der Waals surface area contributed by atoms with Gasteiger partial charge in [0.2, 0.25) is 11.8 Å². The molecular weight excluding hydrogens is 1280 g/mol. The van der Waals surface area contributed by atoms with Crippen molar-refractivity contribution in [3.8, 4) is 34.3 Å². The Morgan fingerprint density at radius 1 is 0.500 bits per heavy atom. The van der Waals surface area contributed by atoms with Gasteiger partial charge in [-0.3, -0.25) is 19.2 Å². The number of benzene rings is 6.